The standard InChI is InChI=1S/C10H17N3/c1-7(2)9-5-4-8-6-11-13(3)10(8)12-9/h6-7,9,12H,4-5H2,1-3H3. The van der Waals surface area contributed by atoms with E-state index in [2.05, 4.69) is 24.3 Å². The van der Waals surface area contributed by atoms with Crippen molar-refractivity contribution in [1.82, 2.24) is 9.78 Å². The Balaban J connectivity index is 2.22. The maximum Gasteiger partial charge on any atom is 0.127 e. The summed E-state index contributed by atoms with van der Waals surface area (Å²) in [6, 6.07) is 0.614. The Morgan fingerprint density at radius 3 is 3.08 bits per heavy atom. The summed E-state index contributed by atoms with van der Waals surface area (Å²) in [4.78, 5) is 0. The first-order chi connectivity index (χ1) is 6.18. The first-order valence-corrected chi connectivity index (χ1v) is 4.96. The molecular formula is C10H17N3. The second-order valence-electron chi connectivity index (χ2n) is 4.18. The zero-order chi connectivity index (χ0) is 9.42. The summed E-state index contributed by atoms with van der Waals surface area (Å²) >= 11 is 0. The SMILES string of the molecule is CC(C)C1CCc2cnn(C)c2N1. The normalized spacial score (nSPS) is 21.4. The molecule has 0 spiro atoms. The third-order valence-corrected chi connectivity index (χ3v) is 2.87. The average molecular weight is 179 g/mol. The summed E-state index contributed by atoms with van der Waals surface area (Å²) < 4.78 is 1.93. The van der Waals surface area contributed by atoms with Crippen LogP contribution in [-0.4, -0.2) is 15.8 Å². The maximum absolute atomic E-state index is 4.25. The quantitative estimate of drug-likeness (QED) is 0.712. The molecule has 3 heteroatoms. The molecule has 0 radical (unpaired) electrons. The summed E-state index contributed by atoms with van der Waals surface area (Å²) in [5, 5.41) is 7.79. The van der Waals surface area contributed by atoms with Crippen LogP contribution in [0.1, 0.15) is 25.8 Å². The van der Waals surface area contributed by atoms with Crippen molar-refractivity contribution in [2.45, 2.75) is 32.7 Å². The first kappa shape index (κ1) is 8.60. The smallest absolute Gasteiger partial charge is 0.127 e. The lowest BCUT2D eigenvalue weighted by Crippen LogP contribution is -2.30. The number of nitrogens with zero attached hydrogens (tertiary/aromatic N) is 2. The highest BCUT2D eigenvalue weighted by Crippen LogP contribution is 2.26. The van der Waals surface area contributed by atoms with E-state index in [-0.39, 0.29) is 0 Å². The fourth-order valence-electron chi connectivity index (χ4n) is 1.91. The highest BCUT2D eigenvalue weighted by molar-refractivity contribution is 5.47. The van der Waals surface area contributed by atoms with Gasteiger partial charge < -0.3 is 5.32 Å². The number of hydrogen-bond donors (Lipinski definition) is 1. The molecule has 0 saturated carbocycles. The molecule has 1 aromatic rings. The van der Waals surface area contributed by atoms with E-state index in [4.69, 9.17) is 0 Å². The third-order valence-electron chi connectivity index (χ3n) is 2.87. The lowest BCUT2D eigenvalue weighted by Gasteiger charge is -2.28. The lowest BCUT2D eigenvalue weighted by molar-refractivity contribution is 0.478. The van der Waals surface area contributed by atoms with Crippen LogP contribution in [0.25, 0.3) is 0 Å². The van der Waals surface area contributed by atoms with E-state index >= 15 is 0 Å². The number of aryl methyl sites for hydroxylation is 2. The lowest BCUT2D eigenvalue weighted by atomic mass is 9.94. The highest BCUT2D eigenvalue weighted by atomic mass is 15.3. The molecule has 0 saturated heterocycles. The minimum Gasteiger partial charge on any atom is -0.367 e. The Bertz CT molecular complexity index is 301. The zero-order valence-corrected chi connectivity index (χ0v) is 8.54. The van der Waals surface area contributed by atoms with E-state index in [0.717, 1.165) is 0 Å². The van der Waals surface area contributed by atoms with Crippen molar-refractivity contribution < 1.29 is 0 Å². The third kappa shape index (κ3) is 1.43. The number of aromatic nitrogens is 2. The Labute approximate surface area is 79.1 Å². The molecule has 2 heterocycles. The van der Waals surface area contributed by atoms with E-state index in [1.807, 2.05) is 17.9 Å². The van der Waals surface area contributed by atoms with E-state index in [9.17, 15) is 0 Å². The predicted octanol–water partition coefficient (Wildman–Crippen LogP) is 1.80. The van der Waals surface area contributed by atoms with Gasteiger partial charge >= 0.3 is 0 Å². The van der Waals surface area contributed by atoms with Crippen molar-refractivity contribution in [3.63, 3.8) is 0 Å². The molecule has 0 fully saturated rings. The van der Waals surface area contributed by atoms with Crippen molar-refractivity contribution in [2.75, 3.05) is 5.32 Å². The largest absolute Gasteiger partial charge is 0.367 e. The van der Waals surface area contributed by atoms with Crippen molar-refractivity contribution in [1.29, 1.82) is 0 Å². The van der Waals surface area contributed by atoms with Crippen LogP contribution in [0.2, 0.25) is 0 Å². The van der Waals surface area contributed by atoms with Crippen LogP contribution in [0.5, 0.6) is 0 Å². The monoisotopic (exact) mass is 179 g/mol. The van der Waals surface area contributed by atoms with Gasteiger partial charge in [-0.05, 0) is 18.8 Å². The van der Waals surface area contributed by atoms with Crippen molar-refractivity contribution in [3.05, 3.63) is 11.8 Å². The van der Waals surface area contributed by atoms with Crippen molar-refractivity contribution in [3.8, 4) is 0 Å². The number of nitrogens with one attached hydrogen (secondary N) is 1. The second-order valence-corrected chi connectivity index (χ2v) is 4.18. The van der Waals surface area contributed by atoms with E-state index < -0.39 is 0 Å². The highest BCUT2D eigenvalue weighted by Gasteiger charge is 2.22. The summed E-state index contributed by atoms with van der Waals surface area (Å²) in [6.07, 6.45) is 4.37. The molecule has 1 aromatic heterocycles. The Kier molecular flexibility index (Phi) is 2.02. The summed E-state index contributed by atoms with van der Waals surface area (Å²) in [7, 11) is 1.99. The molecule has 1 N–H and O–H groups in total. The van der Waals surface area contributed by atoms with Gasteiger partial charge in [0.2, 0.25) is 0 Å². The zero-order valence-electron chi connectivity index (χ0n) is 8.54. The maximum atomic E-state index is 4.25. The van der Waals surface area contributed by atoms with Gasteiger partial charge in [-0.3, -0.25) is 4.68 Å². The van der Waals surface area contributed by atoms with Gasteiger partial charge in [-0.2, -0.15) is 5.10 Å². The number of rotatable bonds is 1. The van der Waals surface area contributed by atoms with Gasteiger partial charge in [0, 0.05) is 18.7 Å². The van der Waals surface area contributed by atoms with Gasteiger partial charge in [0.1, 0.15) is 5.82 Å². The molecular weight excluding hydrogens is 162 g/mol. The number of anilines is 1. The van der Waals surface area contributed by atoms with Crippen LogP contribution in [-0.2, 0) is 13.5 Å². The Hall–Kier alpha value is -0.990. The number of hydrogen-bond acceptors (Lipinski definition) is 2. The molecule has 0 amide bonds. The fourth-order valence-corrected chi connectivity index (χ4v) is 1.91. The van der Waals surface area contributed by atoms with Crippen molar-refractivity contribution >= 4 is 5.82 Å². The van der Waals surface area contributed by atoms with Crippen LogP contribution in [0, 0.1) is 5.92 Å². The van der Waals surface area contributed by atoms with Gasteiger partial charge in [-0.15, -0.1) is 0 Å². The molecule has 72 valence electrons. The Morgan fingerprint density at radius 2 is 2.38 bits per heavy atom. The summed E-state index contributed by atoms with van der Waals surface area (Å²) in [5.41, 5.74) is 1.36. The van der Waals surface area contributed by atoms with Gasteiger partial charge in [0.05, 0.1) is 6.20 Å². The molecule has 1 aliphatic heterocycles. The first-order valence-electron chi connectivity index (χ1n) is 4.96. The van der Waals surface area contributed by atoms with Gasteiger partial charge in [-0.1, -0.05) is 13.8 Å². The fraction of sp³-hybridized carbons (Fsp3) is 0.700. The summed E-state index contributed by atoms with van der Waals surface area (Å²) in [5.74, 6) is 1.91. The minimum absolute atomic E-state index is 0.614. The number of fused-ring (bicyclic) bond motifs is 1. The predicted molar refractivity (Wildman–Crippen MR) is 53.8 cm³/mol. The van der Waals surface area contributed by atoms with Crippen LogP contribution in [0.4, 0.5) is 5.82 Å². The van der Waals surface area contributed by atoms with E-state index in [1.165, 1.54) is 24.2 Å². The molecule has 1 aliphatic rings. The van der Waals surface area contributed by atoms with Gasteiger partial charge in [0.25, 0.3) is 0 Å². The van der Waals surface area contributed by atoms with Gasteiger partial charge in [0.15, 0.2) is 0 Å². The van der Waals surface area contributed by atoms with E-state index in [1.54, 1.807) is 0 Å². The molecule has 1 atom stereocenters. The Morgan fingerprint density at radius 1 is 1.62 bits per heavy atom. The van der Waals surface area contributed by atoms with Crippen LogP contribution >= 0.6 is 0 Å². The minimum atomic E-state index is 0.614. The molecule has 1 unspecified atom stereocenters. The van der Waals surface area contributed by atoms with Crippen LogP contribution in [0.15, 0.2) is 6.20 Å². The van der Waals surface area contributed by atoms with Gasteiger partial charge in [-0.25, -0.2) is 0 Å². The van der Waals surface area contributed by atoms with Crippen molar-refractivity contribution in [2.24, 2.45) is 13.0 Å². The van der Waals surface area contributed by atoms with Crippen LogP contribution < -0.4 is 5.32 Å². The second kappa shape index (κ2) is 3.05. The summed E-state index contributed by atoms with van der Waals surface area (Å²) in [6.45, 7) is 4.53. The average Bonchev–Trinajstić information content (AvgIpc) is 2.47. The van der Waals surface area contributed by atoms with Crippen LogP contribution in [0.3, 0.4) is 0 Å². The molecule has 0 aliphatic carbocycles. The molecule has 0 bridgehead atoms. The molecule has 0 aromatic carbocycles. The molecule has 13 heavy (non-hydrogen) atoms. The molecule has 2 rings (SSSR count). The van der Waals surface area contributed by atoms with E-state index in [0.29, 0.717) is 12.0 Å². The topological polar surface area (TPSA) is 29.9 Å². The molecule has 3 nitrogen and oxygen atoms in total.